The Balaban J connectivity index is 2.88. The van der Waals surface area contributed by atoms with Crippen molar-refractivity contribution in [1.82, 2.24) is 0 Å². The Labute approximate surface area is 112 Å². The highest BCUT2D eigenvalue weighted by Crippen LogP contribution is 2.09. The van der Waals surface area contributed by atoms with Crippen molar-refractivity contribution in [1.29, 1.82) is 0 Å². The summed E-state index contributed by atoms with van der Waals surface area (Å²) in [6.45, 7) is 4.76. The number of hydrogen-bond donors (Lipinski definition) is 0. The van der Waals surface area contributed by atoms with Crippen molar-refractivity contribution in [2.24, 2.45) is 0 Å². The molecule has 0 spiro atoms. The molecule has 0 bridgehead atoms. The molecule has 3 nitrogen and oxygen atoms in total. The lowest BCUT2D eigenvalue weighted by atomic mass is 10.1. The SMILES string of the molecule is CCCCCCCCCCCOCCCOC=O. The van der Waals surface area contributed by atoms with Crippen LogP contribution in [0.1, 0.15) is 71.1 Å². The minimum Gasteiger partial charge on any atom is -0.468 e. The Morgan fingerprint density at radius 3 is 1.89 bits per heavy atom. The molecule has 0 N–H and O–H groups in total. The summed E-state index contributed by atoms with van der Waals surface area (Å²) in [5, 5.41) is 0. The molecule has 0 rings (SSSR count). The smallest absolute Gasteiger partial charge is 0.293 e. The van der Waals surface area contributed by atoms with Gasteiger partial charge in [0.05, 0.1) is 6.61 Å². The number of rotatable bonds is 15. The second-order valence-electron chi connectivity index (χ2n) is 4.76. The monoisotopic (exact) mass is 258 g/mol. The Kier molecular flexibility index (Phi) is 15.9. The first-order valence-corrected chi connectivity index (χ1v) is 7.54. The Morgan fingerprint density at radius 2 is 1.28 bits per heavy atom. The molecule has 18 heavy (non-hydrogen) atoms. The molecule has 108 valence electrons. The molecule has 0 saturated heterocycles. The maximum atomic E-state index is 9.86. The highest BCUT2D eigenvalue weighted by Gasteiger charge is 1.93. The lowest BCUT2D eigenvalue weighted by Crippen LogP contribution is -2.01. The average molecular weight is 258 g/mol. The van der Waals surface area contributed by atoms with Crippen molar-refractivity contribution in [3.63, 3.8) is 0 Å². The van der Waals surface area contributed by atoms with Gasteiger partial charge in [-0.2, -0.15) is 0 Å². The van der Waals surface area contributed by atoms with Crippen molar-refractivity contribution in [3.8, 4) is 0 Å². The summed E-state index contributed by atoms with van der Waals surface area (Å²) in [5.74, 6) is 0. The van der Waals surface area contributed by atoms with Crippen LogP contribution in [0.5, 0.6) is 0 Å². The van der Waals surface area contributed by atoms with Gasteiger partial charge in [-0.25, -0.2) is 0 Å². The van der Waals surface area contributed by atoms with Gasteiger partial charge in [-0.1, -0.05) is 58.3 Å². The first-order valence-electron chi connectivity index (χ1n) is 7.54. The molecular formula is C15H30O3. The molecule has 0 aliphatic rings. The molecule has 0 aromatic carbocycles. The largest absolute Gasteiger partial charge is 0.468 e. The third kappa shape index (κ3) is 15.4. The van der Waals surface area contributed by atoms with Crippen LogP contribution in [-0.2, 0) is 14.3 Å². The van der Waals surface area contributed by atoms with Crippen molar-refractivity contribution in [2.45, 2.75) is 71.1 Å². The van der Waals surface area contributed by atoms with Crippen LogP contribution >= 0.6 is 0 Å². The van der Waals surface area contributed by atoms with E-state index >= 15 is 0 Å². The van der Waals surface area contributed by atoms with Crippen LogP contribution in [0.4, 0.5) is 0 Å². The van der Waals surface area contributed by atoms with Crippen molar-refractivity contribution < 1.29 is 14.3 Å². The van der Waals surface area contributed by atoms with E-state index in [1.165, 1.54) is 51.4 Å². The third-order valence-electron chi connectivity index (χ3n) is 3.01. The molecule has 0 aromatic heterocycles. The molecule has 0 radical (unpaired) electrons. The van der Waals surface area contributed by atoms with Gasteiger partial charge in [0.25, 0.3) is 6.47 Å². The van der Waals surface area contributed by atoms with Crippen LogP contribution in [0.3, 0.4) is 0 Å². The molecule has 0 saturated carbocycles. The summed E-state index contributed by atoms with van der Waals surface area (Å²) < 4.78 is 10.0. The van der Waals surface area contributed by atoms with E-state index in [0.717, 1.165) is 19.4 Å². The molecule has 0 atom stereocenters. The van der Waals surface area contributed by atoms with E-state index in [1.807, 2.05) is 0 Å². The minimum atomic E-state index is 0.473. The first-order chi connectivity index (χ1) is 8.91. The quantitative estimate of drug-likeness (QED) is 0.328. The van der Waals surface area contributed by atoms with E-state index < -0.39 is 0 Å². The lowest BCUT2D eigenvalue weighted by molar-refractivity contribution is -0.129. The fourth-order valence-electron chi connectivity index (χ4n) is 1.91. The number of ether oxygens (including phenoxy) is 2. The maximum absolute atomic E-state index is 9.86. The van der Waals surface area contributed by atoms with Crippen molar-refractivity contribution in [3.05, 3.63) is 0 Å². The van der Waals surface area contributed by atoms with Crippen LogP contribution < -0.4 is 0 Å². The second-order valence-corrected chi connectivity index (χ2v) is 4.76. The molecule has 0 heterocycles. The first kappa shape index (κ1) is 17.4. The van der Waals surface area contributed by atoms with Crippen LogP contribution in [0.25, 0.3) is 0 Å². The van der Waals surface area contributed by atoms with Gasteiger partial charge in [-0.3, -0.25) is 4.79 Å². The lowest BCUT2D eigenvalue weighted by Gasteiger charge is -2.04. The van der Waals surface area contributed by atoms with Gasteiger partial charge >= 0.3 is 0 Å². The standard InChI is InChI=1S/C15H30O3/c1-2-3-4-5-6-7-8-9-10-12-17-13-11-14-18-15-16/h15H,2-14H2,1H3. The van der Waals surface area contributed by atoms with Crippen molar-refractivity contribution in [2.75, 3.05) is 19.8 Å². The van der Waals surface area contributed by atoms with E-state index in [9.17, 15) is 4.79 Å². The summed E-state index contributed by atoms with van der Waals surface area (Å²) in [7, 11) is 0. The number of hydrogen-bond acceptors (Lipinski definition) is 3. The fourth-order valence-corrected chi connectivity index (χ4v) is 1.91. The molecule has 0 unspecified atom stereocenters. The van der Waals surface area contributed by atoms with Gasteiger partial charge < -0.3 is 9.47 Å². The number of carbonyl (C=O) groups is 1. The molecule has 3 heteroatoms. The van der Waals surface area contributed by atoms with E-state index in [0.29, 0.717) is 19.7 Å². The van der Waals surface area contributed by atoms with Gasteiger partial charge in [0.15, 0.2) is 0 Å². The van der Waals surface area contributed by atoms with Crippen molar-refractivity contribution >= 4 is 6.47 Å². The molecule has 0 amide bonds. The molecule has 0 fully saturated rings. The maximum Gasteiger partial charge on any atom is 0.293 e. The minimum absolute atomic E-state index is 0.473. The number of unbranched alkanes of at least 4 members (excludes halogenated alkanes) is 8. The molecular weight excluding hydrogens is 228 g/mol. The van der Waals surface area contributed by atoms with Gasteiger partial charge in [0, 0.05) is 19.6 Å². The van der Waals surface area contributed by atoms with Gasteiger partial charge in [0.2, 0.25) is 0 Å². The third-order valence-corrected chi connectivity index (χ3v) is 3.01. The van der Waals surface area contributed by atoms with Gasteiger partial charge in [-0.05, 0) is 6.42 Å². The highest BCUT2D eigenvalue weighted by molar-refractivity contribution is 5.36. The zero-order valence-electron chi connectivity index (χ0n) is 12.0. The van der Waals surface area contributed by atoms with Gasteiger partial charge in [-0.15, -0.1) is 0 Å². The van der Waals surface area contributed by atoms with E-state index in [1.54, 1.807) is 0 Å². The Morgan fingerprint density at radius 1 is 0.722 bits per heavy atom. The Bertz CT molecular complexity index is 160. The Hall–Kier alpha value is -0.570. The zero-order valence-corrected chi connectivity index (χ0v) is 12.0. The summed E-state index contributed by atoms with van der Waals surface area (Å²) >= 11 is 0. The number of carbonyl (C=O) groups excluding carboxylic acids is 1. The van der Waals surface area contributed by atoms with Gasteiger partial charge in [0.1, 0.15) is 0 Å². The summed E-state index contributed by atoms with van der Waals surface area (Å²) in [5.41, 5.74) is 0. The second kappa shape index (κ2) is 16.4. The summed E-state index contributed by atoms with van der Waals surface area (Å²) in [4.78, 5) is 9.86. The van der Waals surface area contributed by atoms with E-state index in [2.05, 4.69) is 11.7 Å². The highest BCUT2D eigenvalue weighted by atomic mass is 16.5. The van der Waals surface area contributed by atoms with E-state index in [4.69, 9.17) is 4.74 Å². The van der Waals surface area contributed by atoms with Crippen LogP contribution in [-0.4, -0.2) is 26.3 Å². The summed E-state index contributed by atoms with van der Waals surface area (Å²) in [6, 6.07) is 0. The topological polar surface area (TPSA) is 35.5 Å². The molecule has 0 aliphatic heterocycles. The predicted molar refractivity (Wildman–Crippen MR) is 74.7 cm³/mol. The molecule has 0 aromatic rings. The summed E-state index contributed by atoms with van der Waals surface area (Å²) in [6.07, 6.45) is 12.9. The average Bonchev–Trinajstić information content (AvgIpc) is 2.39. The zero-order chi connectivity index (χ0) is 13.3. The van der Waals surface area contributed by atoms with E-state index in [-0.39, 0.29) is 0 Å². The van der Waals surface area contributed by atoms with Crippen LogP contribution in [0.2, 0.25) is 0 Å². The van der Waals surface area contributed by atoms with Crippen LogP contribution in [0.15, 0.2) is 0 Å². The molecule has 0 aliphatic carbocycles. The van der Waals surface area contributed by atoms with Crippen LogP contribution in [0, 0.1) is 0 Å². The normalized spacial score (nSPS) is 10.5. The fraction of sp³-hybridized carbons (Fsp3) is 0.933. The predicted octanol–water partition coefficient (Wildman–Crippen LogP) is 4.10.